The van der Waals surface area contributed by atoms with Crippen LogP contribution in [0.4, 0.5) is 0 Å². The molecule has 2 aromatic carbocycles. The fraction of sp³-hybridized carbons (Fsp3) is 0.292. The topological polar surface area (TPSA) is 56.3 Å². The summed E-state index contributed by atoms with van der Waals surface area (Å²) in [4.78, 5) is 31.5. The first-order valence-electron chi connectivity index (χ1n) is 9.56. The number of carbonyl (C=O) groups is 2. The average molecular weight is 375 g/mol. The number of ketones is 1. The van der Waals surface area contributed by atoms with Crippen LogP contribution in [0.25, 0.3) is 10.9 Å². The van der Waals surface area contributed by atoms with E-state index in [0.717, 1.165) is 16.5 Å². The molecule has 0 radical (unpaired) electrons. The number of pyridine rings is 1. The molecule has 0 fully saturated rings. The lowest BCUT2D eigenvalue weighted by atomic mass is 9.75. The van der Waals surface area contributed by atoms with E-state index in [9.17, 15) is 9.59 Å². The van der Waals surface area contributed by atoms with Crippen molar-refractivity contribution in [2.24, 2.45) is 0 Å². The first-order chi connectivity index (χ1) is 13.4. The molecule has 0 unspecified atom stereocenters. The summed E-state index contributed by atoms with van der Waals surface area (Å²) in [6, 6.07) is 18.6. The van der Waals surface area contributed by atoms with Gasteiger partial charge in [0, 0.05) is 10.9 Å². The number of aromatic nitrogens is 1. The van der Waals surface area contributed by atoms with Gasteiger partial charge in [0.25, 0.3) is 0 Å². The zero-order chi connectivity index (χ0) is 20.3. The zero-order valence-electron chi connectivity index (χ0n) is 16.7. The summed E-state index contributed by atoms with van der Waals surface area (Å²) in [7, 11) is 0. The van der Waals surface area contributed by atoms with Crippen molar-refractivity contribution in [2.75, 3.05) is 6.61 Å². The molecule has 0 N–H and O–H groups in total. The van der Waals surface area contributed by atoms with Crippen LogP contribution in [0.15, 0.2) is 60.7 Å². The Morgan fingerprint density at radius 2 is 1.68 bits per heavy atom. The molecular formula is C24H25NO3. The lowest BCUT2D eigenvalue weighted by molar-refractivity contribution is -0.147. The quantitative estimate of drug-likeness (QED) is 0.343. The highest BCUT2D eigenvalue weighted by Gasteiger charge is 2.47. The van der Waals surface area contributed by atoms with E-state index in [1.807, 2.05) is 50.2 Å². The molecule has 0 amide bonds. The van der Waals surface area contributed by atoms with Crippen LogP contribution >= 0.6 is 0 Å². The lowest BCUT2D eigenvalue weighted by Crippen LogP contribution is -2.44. The van der Waals surface area contributed by atoms with Gasteiger partial charge in [-0.1, -0.05) is 62.4 Å². The van der Waals surface area contributed by atoms with Crippen molar-refractivity contribution in [1.29, 1.82) is 0 Å². The molecule has 0 saturated carbocycles. The summed E-state index contributed by atoms with van der Waals surface area (Å²) in [5.41, 5.74) is 1.02. The van der Waals surface area contributed by atoms with Gasteiger partial charge in [-0.25, -0.2) is 0 Å². The first kappa shape index (κ1) is 19.7. The third-order valence-corrected chi connectivity index (χ3v) is 5.02. The zero-order valence-corrected chi connectivity index (χ0v) is 16.7. The number of ether oxygens (including phenoxy) is 1. The normalized spacial score (nSPS) is 13.3. The van der Waals surface area contributed by atoms with Gasteiger partial charge in [0.1, 0.15) is 0 Å². The standard InChI is InChI=1S/C24H25NO3/c1-5-28-23(27)24(4,22(26)17-11-7-6-8-12-17)21-19(16(2)3)15-18-13-9-10-14-20(18)25-21/h6-16H,5H2,1-4H3/t24-/m1/s1. The second-order valence-electron chi connectivity index (χ2n) is 7.31. The van der Waals surface area contributed by atoms with Crippen LogP contribution < -0.4 is 0 Å². The van der Waals surface area contributed by atoms with E-state index in [-0.39, 0.29) is 18.3 Å². The average Bonchev–Trinajstić information content (AvgIpc) is 2.72. The van der Waals surface area contributed by atoms with E-state index in [1.54, 1.807) is 38.1 Å². The number of para-hydroxylation sites is 1. The van der Waals surface area contributed by atoms with Crippen molar-refractivity contribution >= 4 is 22.7 Å². The molecule has 1 aromatic heterocycles. The number of carbonyl (C=O) groups excluding carboxylic acids is 2. The summed E-state index contributed by atoms with van der Waals surface area (Å²) in [6.07, 6.45) is 0. The molecule has 4 nitrogen and oxygen atoms in total. The fourth-order valence-corrected chi connectivity index (χ4v) is 3.42. The molecule has 0 aliphatic rings. The Bertz CT molecular complexity index is 1010. The van der Waals surface area contributed by atoms with Crippen molar-refractivity contribution < 1.29 is 14.3 Å². The summed E-state index contributed by atoms with van der Waals surface area (Å²) < 4.78 is 5.35. The number of fused-ring (bicyclic) bond motifs is 1. The van der Waals surface area contributed by atoms with Crippen LogP contribution in [0, 0.1) is 0 Å². The number of rotatable bonds is 6. The highest BCUT2D eigenvalue weighted by molar-refractivity contribution is 6.17. The predicted octanol–water partition coefficient (Wildman–Crippen LogP) is 5.06. The Balaban J connectivity index is 2.30. The Kier molecular flexibility index (Phi) is 5.59. The maximum Gasteiger partial charge on any atom is 0.325 e. The molecular weight excluding hydrogens is 350 g/mol. The summed E-state index contributed by atoms with van der Waals surface area (Å²) >= 11 is 0. The van der Waals surface area contributed by atoms with Gasteiger partial charge < -0.3 is 4.74 Å². The molecule has 1 atom stereocenters. The Morgan fingerprint density at radius 3 is 2.32 bits per heavy atom. The van der Waals surface area contributed by atoms with E-state index in [0.29, 0.717) is 11.3 Å². The summed E-state index contributed by atoms with van der Waals surface area (Å²) in [5.74, 6) is -0.797. The van der Waals surface area contributed by atoms with Crippen molar-refractivity contribution in [3.05, 3.63) is 77.5 Å². The Morgan fingerprint density at radius 1 is 1.04 bits per heavy atom. The maximum atomic E-state index is 13.6. The molecule has 0 aliphatic heterocycles. The van der Waals surface area contributed by atoms with Crippen molar-refractivity contribution in [2.45, 2.75) is 39.0 Å². The summed E-state index contributed by atoms with van der Waals surface area (Å²) in [5, 5.41) is 0.980. The minimum atomic E-state index is -1.53. The van der Waals surface area contributed by atoms with E-state index in [1.165, 1.54) is 0 Å². The molecule has 3 aromatic rings. The fourth-order valence-electron chi connectivity index (χ4n) is 3.42. The van der Waals surface area contributed by atoms with Gasteiger partial charge in [-0.15, -0.1) is 0 Å². The van der Waals surface area contributed by atoms with E-state index in [2.05, 4.69) is 0 Å². The lowest BCUT2D eigenvalue weighted by Gasteiger charge is -2.29. The highest BCUT2D eigenvalue weighted by atomic mass is 16.5. The second kappa shape index (κ2) is 7.93. The van der Waals surface area contributed by atoms with Gasteiger partial charge >= 0.3 is 5.97 Å². The minimum absolute atomic E-state index is 0.0874. The predicted molar refractivity (Wildman–Crippen MR) is 111 cm³/mol. The highest BCUT2D eigenvalue weighted by Crippen LogP contribution is 2.36. The van der Waals surface area contributed by atoms with Crippen LogP contribution in [0.1, 0.15) is 55.2 Å². The number of hydrogen-bond donors (Lipinski definition) is 0. The molecule has 1 heterocycles. The second-order valence-corrected chi connectivity index (χ2v) is 7.31. The molecule has 0 spiro atoms. The number of esters is 1. The number of benzene rings is 2. The third-order valence-electron chi connectivity index (χ3n) is 5.02. The van der Waals surface area contributed by atoms with Crippen molar-refractivity contribution in [3.8, 4) is 0 Å². The summed E-state index contributed by atoms with van der Waals surface area (Å²) in [6.45, 7) is 7.63. The Labute approximate surface area is 165 Å². The van der Waals surface area contributed by atoms with Crippen molar-refractivity contribution in [3.63, 3.8) is 0 Å². The molecule has 0 aliphatic carbocycles. The molecule has 0 bridgehead atoms. The molecule has 0 saturated heterocycles. The molecule has 28 heavy (non-hydrogen) atoms. The third kappa shape index (κ3) is 3.42. The van der Waals surface area contributed by atoms with Crippen LogP contribution in [-0.2, 0) is 14.9 Å². The Hall–Kier alpha value is -3.01. The van der Waals surface area contributed by atoms with Crippen LogP contribution in [0.5, 0.6) is 0 Å². The SMILES string of the molecule is CCOC(=O)[C@@](C)(C(=O)c1ccccc1)c1nc2ccccc2cc1C(C)C. The number of nitrogens with zero attached hydrogens (tertiary/aromatic N) is 1. The van der Waals surface area contributed by atoms with Gasteiger partial charge in [0.2, 0.25) is 0 Å². The molecule has 144 valence electrons. The van der Waals surface area contributed by atoms with E-state index in [4.69, 9.17) is 9.72 Å². The van der Waals surface area contributed by atoms with Crippen LogP contribution in [0.2, 0.25) is 0 Å². The molecule has 4 heteroatoms. The van der Waals surface area contributed by atoms with Gasteiger partial charge in [-0.05, 0) is 37.5 Å². The monoisotopic (exact) mass is 375 g/mol. The van der Waals surface area contributed by atoms with Gasteiger partial charge in [-0.3, -0.25) is 14.6 Å². The van der Waals surface area contributed by atoms with Gasteiger partial charge in [-0.2, -0.15) is 0 Å². The van der Waals surface area contributed by atoms with Crippen molar-refractivity contribution in [1.82, 2.24) is 4.98 Å². The van der Waals surface area contributed by atoms with Crippen LogP contribution in [-0.4, -0.2) is 23.3 Å². The molecule has 3 rings (SSSR count). The van der Waals surface area contributed by atoms with Gasteiger partial charge in [0.15, 0.2) is 11.2 Å². The van der Waals surface area contributed by atoms with Crippen LogP contribution in [0.3, 0.4) is 0 Å². The van der Waals surface area contributed by atoms with E-state index < -0.39 is 11.4 Å². The smallest absolute Gasteiger partial charge is 0.325 e. The number of Topliss-reactive ketones (excluding diaryl/α,β-unsaturated/α-hetero) is 1. The van der Waals surface area contributed by atoms with E-state index >= 15 is 0 Å². The first-order valence-corrected chi connectivity index (χ1v) is 9.56. The minimum Gasteiger partial charge on any atom is -0.465 e. The maximum absolute atomic E-state index is 13.6. The largest absolute Gasteiger partial charge is 0.465 e. The number of hydrogen-bond acceptors (Lipinski definition) is 4. The van der Waals surface area contributed by atoms with Gasteiger partial charge in [0.05, 0.1) is 17.8 Å².